The number of halogens is 3. The molecule has 2 aromatic rings. The number of hydrogen-bond donors (Lipinski definition) is 1. The smallest absolute Gasteiger partial charge is 0.349 e. The third-order valence-corrected chi connectivity index (χ3v) is 4.62. The number of carbonyl (C=O) groups is 1. The molecule has 0 radical (unpaired) electrons. The van der Waals surface area contributed by atoms with E-state index < -0.39 is 11.9 Å². The van der Waals surface area contributed by atoms with Crippen molar-refractivity contribution in [3.63, 3.8) is 0 Å². The maximum absolute atomic E-state index is 12.6. The summed E-state index contributed by atoms with van der Waals surface area (Å²) in [6, 6.07) is 8.65. The minimum absolute atomic E-state index is 0.0584. The Morgan fingerprint density at radius 2 is 1.81 bits per heavy atom. The molecule has 0 aliphatic rings. The van der Waals surface area contributed by atoms with E-state index in [0.717, 1.165) is 36.0 Å². The van der Waals surface area contributed by atoms with Gasteiger partial charge in [-0.1, -0.05) is 49.9 Å². The number of aromatic nitrogens is 2. The molecule has 1 atom stereocenters. The SMILES string of the molecule is CC(C)Cc1ccc(C(C)NC(=O)CSc2nccc(C(F)(F)F)n2)cc1. The van der Waals surface area contributed by atoms with E-state index in [4.69, 9.17) is 0 Å². The van der Waals surface area contributed by atoms with Crippen LogP contribution in [0.5, 0.6) is 0 Å². The molecule has 1 aromatic heterocycles. The van der Waals surface area contributed by atoms with E-state index in [1.54, 1.807) is 0 Å². The Labute approximate surface area is 161 Å². The summed E-state index contributed by atoms with van der Waals surface area (Å²) >= 11 is 0.871. The Morgan fingerprint density at radius 3 is 2.41 bits per heavy atom. The van der Waals surface area contributed by atoms with Crippen LogP contribution in [0.2, 0.25) is 0 Å². The zero-order chi connectivity index (χ0) is 20.0. The van der Waals surface area contributed by atoms with Crippen molar-refractivity contribution in [2.24, 2.45) is 5.92 Å². The van der Waals surface area contributed by atoms with Crippen molar-refractivity contribution in [1.82, 2.24) is 15.3 Å². The first-order chi connectivity index (χ1) is 12.6. The number of nitrogens with zero attached hydrogens (tertiary/aromatic N) is 2. The monoisotopic (exact) mass is 397 g/mol. The molecule has 146 valence electrons. The second-order valence-corrected chi connectivity index (χ2v) is 7.58. The number of amides is 1. The Kier molecular flexibility index (Phi) is 7.24. The largest absolute Gasteiger partial charge is 0.433 e. The van der Waals surface area contributed by atoms with Gasteiger partial charge in [-0.3, -0.25) is 4.79 Å². The van der Waals surface area contributed by atoms with Gasteiger partial charge < -0.3 is 5.32 Å². The summed E-state index contributed by atoms with van der Waals surface area (Å²) in [7, 11) is 0. The summed E-state index contributed by atoms with van der Waals surface area (Å²) < 4.78 is 37.9. The van der Waals surface area contributed by atoms with Gasteiger partial charge in [0.1, 0.15) is 5.69 Å². The molecule has 8 heteroatoms. The highest BCUT2D eigenvalue weighted by atomic mass is 32.2. The number of rotatable bonds is 7. The highest BCUT2D eigenvalue weighted by Gasteiger charge is 2.32. The van der Waals surface area contributed by atoms with Gasteiger partial charge in [-0.2, -0.15) is 13.2 Å². The molecular formula is C19H22F3N3OS. The molecule has 1 amide bonds. The molecule has 2 rings (SSSR count). The van der Waals surface area contributed by atoms with Gasteiger partial charge in [-0.25, -0.2) is 9.97 Å². The predicted octanol–water partition coefficient (Wildman–Crippen LogP) is 4.66. The standard InChI is InChI=1S/C19H22F3N3OS/c1-12(2)10-14-4-6-15(7-5-14)13(3)24-17(26)11-27-18-23-9-8-16(25-18)19(20,21)22/h4-9,12-13H,10-11H2,1-3H3,(H,24,26). The van der Waals surface area contributed by atoms with Crippen LogP contribution in [0.4, 0.5) is 13.2 Å². The van der Waals surface area contributed by atoms with Crippen molar-refractivity contribution in [1.29, 1.82) is 0 Å². The van der Waals surface area contributed by atoms with E-state index in [9.17, 15) is 18.0 Å². The fraction of sp³-hybridized carbons (Fsp3) is 0.421. The first-order valence-electron chi connectivity index (χ1n) is 8.56. The lowest BCUT2D eigenvalue weighted by Gasteiger charge is -2.15. The number of carbonyl (C=O) groups excluding carboxylic acids is 1. The van der Waals surface area contributed by atoms with Crippen molar-refractivity contribution in [3.05, 3.63) is 53.3 Å². The van der Waals surface area contributed by atoms with E-state index in [1.165, 1.54) is 5.56 Å². The average Bonchev–Trinajstić information content (AvgIpc) is 2.59. The van der Waals surface area contributed by atoms with Gasteiger partial charge in [0.2, 0.25) is 5.91 Å². The average molecular weight is 397 g/mol. The molecule has 4 nitrogen and oxygen atoms in total. The molecule has 0 saturated carbocycles. The predicted molar refractivity (Wildman–Crippen MR) is 99.3 cm³/mol. The number of hydrogen-bond acceptors (Lipinski definition) is 4. The molecule has 0 aliphatic carbocycles. The lowest BCUT2D eigenvalue weighted by atomic mass is 10.00. The maximum atomic E-state index is 12.6. The summed E-state index contributed by atoms with van der Waals surface area (Å²) in [6.45, 7) is 6.17. The van der Waals surface area contributed by atoms with Gasteiger partial charge in [0.25, 0.3) is 0 Å². The van der Waals surface area contributed by atoms with E-state index in [0.29, 0.717) is 5.92 Å². The van der Waals surface area contributed by atoms with Gasteiger partial charge in [-0.05, 0) is 36.5 Å². The number of alkyl halides is 3. The van der Waals surface area contributed by atoms with Crippen LogP contribution in [0.3, 0.4) is 0 Å². The molecule has 1 unspecified atom stereocenters. The van der Waals surface area contributed by atoms with Crippen LogP contribution in [-0.2, 0) is 17.4 Å². The molecular weight excluding hydrogens is 375 g/mol. The summed E-state index contributed by atoms with van der Waals surface area (Å²) in [6.07, 6.45) is -2.50. The Morgan fingerprint density at radius 1 is 1.15 bits per heavy atom. The number of benzene rings is 1. The van der Waals surface area contributed by atoms with Crippen LogP contribution < -0.4 is 5.32 Å². The second kappa shape index (κ2) is 9.21. The van der Waals surface area contributed by atoms with Gasteiger partial charge in [0, 0.05) is 6.20 Å². The van der Waals surface area contributed by atoms with E-state index in [-0.39, 0.29) is 22.9 Å². The van der Waals surface area contributed by atoms with Crippen LogP contribution >= 0.6 is 11.8 Å². The van der Waals surface area contributed by atoms with Crippen LogP contribution in [0.15, 0.2) is 41.7 Å². The van der Waals surface area contributed by atoms with E-state index in [1.807, 2.05) is 31.2 Å². The summed E-state index contributed by atoms with van der Waals surface area (Å²) in [5.41, 5.74) is 1.19. The van der Waals surface area contributed by atoms with Gasteiger partial charge in [-0.15, -0.1) is 0 Å². The normalized spacial score (nSPS) is 12.9. The van der Waals surface area contributed by atoms with Gasteiger partial charge in [0.05, 0.1) is 11.8 Å². The Hall–Kier alpha value is -2.09. The lowest BCUT2D eigenvalue weighted by molar-refractivity contribution is -0.141. The summed E-state index contributed by atoms with van der Waals surface area (Å²) in [4.78, 5) is 19.3. The number of thioether (sulfide) groups is 1. The van der Waals surface area contributed by atoms with Gasteiger partial charge in [0.15, 0.2) is 5.16 Å². The molecule has 1 N–H and O–H groups in total. The third kappa shape index (κ3) is 6.86. The topological polar surface area (TPSA) is 54.9 Å². The summed E-state index contributed by atoms with van der Waals surface area (Å²) in [5.74, 6) is 0.222. The Bertz CT molecular complexity index is 764. The molecule has 0 fully saturated rings. The molecule has 0 bridgehead atoms. The molecule has 0 spiro atoms. The van der Waals surface area contributed by atoms with Crippen LogP contribution in [0.25, 0.3) is 0 Å². The van der Waals surface area contributed by atoms with E-state index in [2.05, 4.69) is 29.1 Å². The molecule has 0 aliphatic heterocycles. The van der Waals surface area contributed by atoms with Crippen LogP contribution in [-0.4, -0.2) is 21.6 Å². The lowest BCUT2D eigenvalue weighted by Crippen LogP contribution is -2.28. The van der Waals surface area contributed by atoms with Crippen molar-refractivity contribution in [2.45, 2.75) is 44.6 Å². The first-order valence-corrected chi connectivity index (χ1v) is 9.55. The summed E-state index contributed by atoms with van der Waals surface area (Å²) in [5, 5.41) is 2.76. The maximum Gasteiger partial charge on any atom is 0.433 e. The highest BCUT2D eigenvalue weighted by molar-refractivity contribution is 7.99. The van der Waals surface area contributed by atoms with Crippen molar-refractivity contribution in [2.75, 3.05) is 5.75 Å². The molecule has 0 saturated heterocycles. The first kappa shape index (κ1) is 21.2. The zero-order valence-electron chi connectivity index (χ0n) is 15.4. The van der Waals surface area contributed by atoms with Crippen molar-refractivity contribution < 1.29 is 18.0 Å². The minimum Gasteiger partial charge on any atom is -0.349 e. The fourth-order valence-corrected chi connectivity index (χ4v) is 3.12. The van der Waals surface area contributed by atoms with E-state index >= 15 is 0 Å². The van der Waals surface area contributed by atoms with Gasteiger partial charge >= 0.3 is 6.18 Å². The van der Waals surface area contributed by atoms with Crippen LogP contribution in [0, 0.1) is 5.92 Å². The second-order valence-electron chi connectivity index (χ2n) is 6.64. The number of nitrogens with one attached hydrogen (secondary N) is 1. The highest BCUT2D eigenvalue weighted by Crippen LogP contribution is 2.28. The fourth-order valence-electron chi connectivity index (χ4n) is 2.48. The molecule has 1 aromatic carbocycles. The third-order valence-electron chi connectivity index (χ3n) is 3.76. The van der Waals surface area contributed by atoms with Crippen LogP contribution in [0.1, 0.15) is 43.6 Å². The van der Waals surface area contributed by atoms with Crippen molar-refractivity contribution in [3.8, 4) is 0 Å². The molecule has 27 heavy (non-hydrogen) atoms. The quantitative estimate of drug-likeness (QED) is 0.545. The minimum atomic E-state index is -4.53. The zero-order valence-corrected chi connectivity index (χ0v) is 16.2. The van der Waals surface area contributed by atoms with Crippen molar-refractivity contribution >= 4 is 17.7 Å². The molecule has 1 heterocycles. The Balaban J connectivity index is 1.88.